The van der Waals surface area contributed by atoms with E-state index in [9.17, 15) is 4.79 Å². The summed E-state index contributed by atoms with van der Waals surface area (Å²) in [7, 11) is 0. The van der Waals surface area contributed by atoms with Gasteiger partial charge < -0.3 is 4.74 Å². The van der Waals surface area contributed by atoms with Crippen LogP contribution in [0.5, 0.6) is 0 Å². The van der Waals surface area contributed by atoms with Crippen molar-refractivity contribution in [2.75, 3.05) is 13.1 Å². The molecule has 1 saturated heterocycles. The summed E-state index contributed by atoms with van der Waals surface area (Å²) in [6.07, 6.45) is 0.762. The highest BCUT2D eigenvalue weighted by Crippen LogP contribution is 2.03. The van der Waals surface area contributed by atoms with E-state index in [4.69, 9.17) is 4.74 Å². The molecule has 1 aliphatic rings. The predicted molar refractivity (Wildman–Crippen MR) is 56.0 cm³/mol. The number of carbonyl (C=O) groups excluding carboxylic acids is 1. The first kappa shape index (κ1) is 9.98. The number of carbonyl (C=O) groups is 1. The summed E-state index contributed by atoms with van der Waals surface area (Å²) in [6, 6.07) is 9.63. The molecule has 0 radical (unpaired) electrons. The number of nitrogens with zero attached hydrogens (tertiary/aromatic N) is 1. The molecule has 80 valence electrons. The van der Waals surface area contributed by atoms with Crippen LogP contribution in [-0.4, -0.2) is 24.2 Å². The number of nitrogens with one attached hydrogen (secondary N) is 1. The Morgan fingerprint density at radius 2 is 2.07 bits per heavy atom. The van der Waals surface area contributed by atoms with Crippen molar-refractivity contribution in [3.63, 3.8) is 0 Å². The highest BCUT2D eigenvalue weighted by atomic mass is 16.6. The van der Waals surface area contributed by atoms with E-state index in [0.29, 0.717) is 6.61 Å². The van der Waals surface area contributed by atoms with Crippen molar-refractivity contribution in [1.82, 2.24) is 10.4 Å². The maximum absolute atomic E-state index is 11.2. The molecule has 1 fully saturated rings. The largest absolute Gasteiger partial charge is 0.444 e. The third-order valence-corrected chi connectivity index (χ3v) is 2.32. The highest BCUT2D eigenvalue weighted by molar-refractivity contribution is 5.66. The maximum atomic E-state index is 11.2. The van der Waals surface area contributed by atoms with Crippen LogP contribution in [0.1, 0.15) is 12.0 Å². The first-order chi connectivity index (χ1) is 7.34. The van der Waals surface area contributed by atoms with Crippen molar-refractivity contribution in [2.45, 2.75) is 13.0 Å². The van der Waals surface area contributed by atoms with Crippen molar-refractivity contribution in [3.05, 3.63) is 35.9 Å². The van der Waals surface area contributed by atoms with Crippen molar-refractivity contribution in [2.24, 2.45) is 0 Å². The zero-order chi connectivity index (χ0) is 10.5. The van der Waals surface area contributed by atoms with Gasteiger partial charge in [-0.05, 0) is 12.0 Å². The Labute approximate surface area is 88.8 Å². The second-order valence-corrected chi connectivity index (χ2v) is 3.51. The van der Waals surface area contributed by atoms with Crippen LogP contribution in [0, 0.1) is 0 Å². The minimum Gasteiger partial charge on any atom is -0.444 e. The molecular weight excluding hydrogens is 192 g/mol. The standard InChI is InChI=1S/C11H14N2O2/c14-11(12-13-7-4-8-13)15-9-10-5-2-1-3-6-10/h1-3,5-6H,4,7-9H2,(H,12,14). The third kappa shape index (κ3) is 2.95. The molecular formula is C11H14N2O2. The van der Waals surface area contributed by atoms with Crippen LogP contribution in [0.2, 0.25) is 0 Å². The number of hydrazine groups is 1. The molecule has 0 bridgehead atoms. The Morgan fingerprint density at radius 3 is 2.67 bits per heavy atom. The van der Waals surface area contributed by atoms with Crippen LogP contribution >= 0.6 is 0 Å². The second-order valence-electron chi connectivity index (χ2n) is 3.51. The summed E-state index contributed by atoms with van der Waals surface area (Å²) < 4.78 is 5.04. The molecule has 0 spiro atoms. The maximum Gasteiger partial charge on any atom is 0.422 e. The average molecular weight is 206 g/mol. The molecule has 1 aromatic carbocycles. The molecule has 4 nitrogen and oxygen atoms in total. The van der Waals surface area contributed by atoms with E-state index in [1.807, 2.05) is 35.3 Å². The number of hydrogen-bond acceptors (Lipinski definition) is 3. The van der Waals surface area contributed by atoms with E-state index in [0.717, 1.165) is 25.1 Å². The van der Waals surface area contributed by atoms with Gasteiger partial charge in [-0.15, -0.1) is 0 Å². The van der Waals surface area contributed by atoms with Crippen molar-refractivity contribution >= 4 is 6.09 Å². The van der Waals surface area contributed by atoms with Crippen LogP contribution in [0.4, 0.5) is 4.79 Å². The third-order valence-electron chi connectivity index (χ3n) is 2.32. The average Bonchev–Trinajstić information content (AvgIpc) is 2.22. The fourth-order valence-corrected chi connectivity index (χ4v) is 1.31. The van der Waals surface area contributed by atoms with Crippen LogP contribution in [0.3, 0.4) is 0 Å². The van der Waals surface area contributed by atoms with Gasteiger partial charge in [0.05, 0.1) is 0 Å². The van der Waals surface area contributed by atoms with E-state index in [2.05, 4.69) is 5.43 Å². The summed E-state index contributed by atoms with van der Waals surface area (Å²) in [4.78, 5) is 11.2. The fourth-order valence-electron chi connectivity index (χ4n) is 1.31. The predicted octanol–water partition coefficient (Wildman–Crippen LogP) is 1.53. The second kappa shape index (κ2) is 4.79. The zero-order valence-corrected chi connectivity index (χ0v) is 8.48. The summed E-state index contributed by atoms with van der Waals surface area (Å²) in [5, 5.41) is 1.84. The minimum atomic E-state index is -0.376. The number of benzene rings is 1. The van der Waals surface area contributed by atoms with Crippen molar-refractivity contribution in [1.29, 1.82) is 0 Å². The first-order valence-electron chi connectivity index (χ1n) is 5.07. The smallest absolute Gasteiger partial charge is 0.422 e. The molecule has 4 heteroatoms. The highest BCUT2D eigenvalue weighted by Gasteiger charge is 2.16. The first-order valence-corrected chi connectivity index (χ1v) is 5.07. The molecule has 15 heavy (non-hydrogen) atoms. The van der Waals surface area contributed by atoms with Gasteiger partial charge in [0.1, 0.15) is 6.61 Å². The lowest BCUT2D eigenvalue weighted by molar-refractivity contribution is 0.0708. The lowest BCUT2D eigenvalue weighted by atomic mass is 10.2. The number of rotatable bonds is 3. The SMILES string of the molecule is O=C(NN1CCC1)OCc1ccccc1. The van der Waals surface area contributed by atoms with Gasteiger partial charge in [-0.2, -0.15) is 0 Å². The van der Waals surface area contributed by atoms with Gasteiger partial charge in [0, 0.05) is 13.1 Å². The van der Waals surface area contributed by atoms with E-state index in [1.165, 1.54) is 0 Å². The van der Waals surface area contributed by atoms with E-state index >= 15 is 0 Å². The normalized spacial score (nSPS) is 15.5. The summed E-state index contributed by atoms with van der Waals surface area (Å²) in [5.41, 5.74) is 3.66. The van der Waals surface area contributed by atoms with Crippen LogP contribution in [0.15, 0.2) is 30.3 Å². The molecule has 0 atom stereocenters. The van der Waals surface area contributed by atoms with Crippen LogP contribution in [-0.2, 0) is 11.3 Å². The van der Waals surface area contributed by atoms with Gasteiger partial charge >= 0.3 is 6.09 Å². The molecule has 2 rings (SSSR count). The summed E-state index contributed by atoms with van der Waals surface area (Å²) in [6.45, 7) is 2.15. The summed E-state index contributed by atoms with van der Waals surface area (Å²) >= 11 is 0. The Hall–Kier alpha value is -1.55. The van der Waals surface area contributed by atoms with E-state index < -0.39 is 0 Å². The molecule has 1 N–H and O–H groups in total. The monoisotopic (exact) mass is 206 g/mol. The Balaban J connectivity index is 1.71. The van der Waals surface area contributed by atoms with Gasteiger partial charge in [0.2, 0.25) is 0 Å². The van der Waals surface area contributed by atoms with E-state index in [-0.39, 0.29) is 6.09 Å². The number of hydrogen-bond donors (Lipinski definition) is 1. The van der Waals surface area contributed by atoms with Gasteiger partial charge in [-0.1, -0.05) is 30.3 Å². The van der Waals surface area contributed by atoms with Crippen LogP contribution in [0.25, 0.3) is 0 Å². The van der Waals surface area contributed by atoms with Crippen LogP contribution < -0.4 is 5.43 Å². The molecule has 1 aromatic rings. The Kier molecular flexibility index (Phi) is 3.19. The topological polar surface area (TPSA) is 41.6 Å². The lowest BCUT2D eigenvalue weighted by Crippen LogP contribution is -2.50. The van der Waals surface area contributed by atoms with E-state index in [1.54, 1.807) is 0 Å². The van der Waals surface area contributed by atoms with Gasteiger partial charge in [-0.3, -0.25) is 5.43 Å². The summed E-state index contributed by atoms with van der Waals surface area (Å²) in [5.74, 6) is 0. The zero-order valence-electron chi connectivity index (χ0n) is 8.48. The molecule has 1 aliphatic heterocycles. The van der Waals surface area contributed by atoms with Gasteiger partial charge in [0.15, 0.2) is 0 Å². The number of amides is 1. The molecule has 1 heterocycles. The number of ether oxygens (including phenoxy) is 1. The van der Waals surface area contributed by atoms with Gasteiger partial charge in [0.25, 0.3) is 0 Å². The quantitative estimate of drug-likeness (QED) is 0.815. The molecule has 0 unspecified atom stereocenters. The molecule has 0 aromatic heterocycles. The molecule has 0 aliphatic carbocycles. The van der Waals surface area contributed by atoms with Crippen molar-refractivity contribution in [3.8, 4) is 0 Å². The van der Waals surface area contributed by atoms with Crippen molar-refractivity contribution < 1.29 is 9.53 Å². The Bertz CT molecular complexity index is 323. The lowest BCUT2D eigenvalue weighted by Gasteiger charge is -2.30. The minimum absolute atomic E-state index is 0.320. The molecule has 1 amide bonds. The molecule has 0 saturated carbocycles. The Morgan fingerprint density at radius 1 is 1.33 bits per heavy atom. The van der Waals surface area contributed by atoms with Gasteiger partial charge in [-0.25, -0.2) is 9.80 Å². The fraction of sp³-hybridized carbons (Fsp3) is 0.364.